The predicted octanol–water partition coefficient (Wildman–Crippen LogP) is 1.34. The molecule has 0 spiro atoms. The number of methoxy groups -OCH3 is 1. The van der Waals surface area contributed by atoms with Crippen molar-refractivity contribution < 1.29 is 4.74 Å². The maximum atomic E-state index is 5.05. The van der Waals surface area contributed by atoms with Crippen molar-refractivity contribution in [2.45, 2.75) is 19.9 Å². The zero-order valence-electron chi connectivity index (χ0n) is 8.97. The molecule has 1 heterocycles. The fourth-order valence-corrected chi connectivity index (χ4v) is 1.22. The van der Waals surface area contributed by atoms with E-state index in [1.165, 1.54) is 0 Å². The summed E-state index contributed by atoms with van der Waals surface area (Å²) in [6.45, 7) is 5.74. The molecule has 0 aliphatic rings. The van der Waals surface area contributed by atoms with E-state index in [1.807, 2.05) is 6.07 Å². The topological polar surface area (TPSA) is 38.2 Å². The third kappa shape index (κ3) is 2.96. The molecule has 0 bridgehead atoms. The van der Waals surface area contributed by atoms with E-state index in [4.69, 9.17) is 4.74 Å². The molecule has 0 unspecified atom stereocenters. The van der Waals surface area contributed by atoms with Gasteiger partial charge in [0.2, 0.25) is 5.95 Å². The van der Waals surface area contributed by atoms with Crippen LogP contribution in [0.4, 0.5) is 5.95 Å². The number of ether oxygens (including phenoxy) is 1. The molecule has 0 saturated heterocycles. The van der Waals surface area contributed by atoms with Crippen molar-refractivity contribution in [1.82, 2.24) is 9.97 Å². The Balaban J connectivity index is 2.68. The van der Waals surface area contributed by atoms with Crippen molar-refractivity contribution in [2.75, 3.05) is 25.2 Å². The van der Waals surface area contributed by atoms with Crippen molar-refractivity contribution in [3.05, 3.63) is 18.5 Å². The first-order valence-electron chi connectivity index (χ1n) is 4.78. The van der Waals surface area contributed by atoms with Gasteiger partial charge in [-0.1, -0.05) is 0 Å². The Labute approximate surface area is 84.9 Å². The highest BCUT2D eigenvalue weighted by atomic mass is 16.5. The smallest absolute Gasteiger partial charge is 0.225 e. The first-order chi connectivity index (χ1) is 6.75. The van der Waals surface area contributed by atoms with Crippen LogP contribution in [0.2, 0.25) is 0 Å². The van der Waals surface area contributed by atoms with E-state index in [9.17, 15) is 0 Å². The lowest BCUT2D eigenvalue weighted by Crippen LogP contribution is -2.35. The van der Waals surface area contributed by atoms with Gasteiger partial charge in [-0.3, -0.25) is 0 Å². The van der Waals surface area contributed by atoms with Gasteiger partial charge in [0.1, 0.15) is 0 Å². The quantitative estimate of drug-likeness (QED) is 0.710. The highest BCUT2D eigenvalue weighted by molar-refractivity contribution is 5.29. The second-order valence-electron chi connectivity index (χ2n) is 3.33. The fourth-order valence-electron chi connectivity index (χ4n) is 1.22. The van der Waals surface area contributed by atoms with Gasteiger partial charge < -0.3 is 9.64 Å². The minimum Gasteiger partial charge on any atom is -0.383 e. The van der Waals surface area contributed by atoms with Gasteiger partial charge >= 0.3 is 0 Å². The van der Waals surface area contributed by atoms with Crippen molar-refractivity contribution in [1.29, 1.82) is 0 Å². The molecule has 0 radical (unpaired) electrons. The Morgan fingerprint density at radius 2 is 2.00 bits per heavy atom. The van der Waals surface area contributed by atoms with E-state index in [0.717, 1.165) is 12.5 Å². The van der Waals surface area contributed by atoms with Gasteiger partial charge in [-0.25, -0.2) is 9.97 Å². The summed E-state index contributed by atoms with van der Waals surface area (Å²) >= 11 is 0. The lowest BCUT2D eigenvalue weighted by molar-refractivity contribution is 0.203. The fraction of sp³-hybridized carbons (Fsp3) is 0.600. The van der Waals surface area contributed by atoms with Crippen LogP contribution >= 0.6 is 0 Å². The lowest BCUT2D eigenvalue weighted by Gasteiger charge is -2.25. The first kappa shape index (κ1) is 10.9. The van der Waals surface area contributed by atoms with Crippen LogP contribution < -0.4 is 4.90 Å². The molecule has 14 heavy (non-hydrogen) atoms. The summed E-state index contributed by atoms with van der Waals surface area (Å²) in [5.74, 6) is 0.763. The number of rotatable bonds is 5. The molecule has 78 valence electrons. The average molecular weight is 195 g/mol. The molecule has 4 nitrogen and oxygen atoms in total. The molecule has 0 aromatic carbocycles. The number of aromatic nitrogens is 2. The molecule has 0 aliphatic carbocycles. The minimum absolute atomic E-state index is 0.382. The summed E-state index contributed by atoms with van der Waals surface area (Å²) in [6, 6.07) is 2.20. The van der Waals surface area contributed by atoms with Crippen LogP contribution in [-0.4, -0.2) is 36.3 Å². The molecular weight excluding hydrogens is 178 g/mol. The Kier molecular flexibility index (Phi) is 4.32. The molecule has 1 rings (SSSR count). The highest BCUT2D eigenvalue weighted by Crippen LogP contribution is 2.08. The lowest BCUT2D eigenvalue weighted by atomic mass is 10.3. The Morgan fingerprint density at radius 1 is 1.36 bits per heavy atom. The van der Waals surface area contributed by atoms with Crippen LogP contribution in [0, 0.1) is 0 Å². The van der Waals surface area contributed by atoms with Crippen LogP contribution in [-0.2, 0) is 4.74 Å². The third-order valence-corrected chi connectivity index (χ3v) is 1.97. The van der Waals surface area contributed by atoms with Crippen molar-refractivity contribution in [3.8, 4) is 0 Å². The molecule has 0 saturated carbocycles. The second kappa shape index (κ2) is 5.54. The van der Waals surface area contributed by atoms with Crippen LogP contribution in [0.25, 0.3) is 0 Å². The summed E-state index contributed by atoms with van der Waals surface area (Å²) < 4.78 is 5.05. The molecule has 0 fully saturated rings. The Morgan fingerprint density at radius 3 is 2.50 bits per heavy atom. The Hall–Kier alpha value is -1.16. The summed E-state index contributed by atoms with van der Waals surface area (Å²) in [6.07, 6.45) is 3.51. The van der Waals surface area contributed by atoms with Crippen molar-refractivity contribution in [3.63, 3.8) is 0 Å². The van der Waals surface area contributed by atoms with E-state index < -0.39 is 0 Å². The van der Waals surface area contributed by atoms with Gasteiger partial charge in [-0.15, -0.1) is 0 Å². The second-order valence-corrected chi connectivity index (χ2v) is 3.33. The summed E-state index contributed by atoms with van der Waals surface area (Å²) in [4.78, 5) is 10.5. The van der Waals surface area contributed by atoms with Gasteiger partial charge in [0.05, 0.1) is 6.61 Å². The van der Waals surface area contributed by atoms with Gasteiger partial charge in [0, 0.05) is 32.1 Å². The molecule has 0 amide bonds. The highest BCUT2D eigenvalue weighted by Gasteiger charge is 2.11. The van der Waals surface area contributed by atoms with Gasteiger partial charge in [-0.05, 0) is 19.9 Å². The molecular formula is C10H17N3O. The Bertz CT molecular complexity index is 251. The number of nitrogens with zero attached hydrogens (tertiary/aromatic N) is 3. The average Bonchev–Trinajstić information content (AvgIpc) is 2.19. The summed E-state index contributed by atoms with van der Waals surface area (Å²) in [5.41, 5.74) is 0. The standard InChI is InChI=1S/C10H17N3O/c1-9(2)13(7-8-14-3)10-11-5-4-6-12-10/h4-6,9H,7-8H2,1-3H3. The normalized spacial score (nSPS) is 10.6. The zero-order chi connectivity index (χ0) is 10.4. The van der Waals surface area contributed by atoms with E-state index in [0.29, 0.717) is 12.6 Å². The maximum absolute atomic E-state index is 5.05. The van der Waals surface area contributed by atoms with Crippen LogP contribution in [0.3, 0.4) is 0 Å². The van der Waals surface area contributed by atoms with Gasteiger partial charge in [-0.2, -0.15) is 0 Å². The minimum atomic E-state index is 0.382. The molecule has 1 aromatic heterocycles. The van der Waals surface area contributed by atoms with Crippen LogP contribution in [0.1, 0.15) is 13.8 Å². The number of hydrogen-bond donors (Lipinski definition) is 0. The van der Waals surface area contributed by atoms with Crippen LogP contribution in [0.15, 0.2) is 18.5 Å². The maximum Gasteiger partial charge on any atom is 0.225 e. The number of anilines is 1. The van der Waals surface area contributed by atoms with Gasteiger partial charge in [0.15, 0.2) is 0 Å². The largest absolute Gasteiger partial charge is 0.383 e. The van der Waals surface area contributed by atoms with E-state index >= 15 is 0 Å². The molecule has 0 N–H and O–H groups in total. The molecule has 4 heteroatoms. The van der Waals surface area contributed by atoms with E-state index in [2.05, 4.69) is 28.7 Å². The van der Waals surface area contributed by atoms with Crippen molar-refractivity contribution in [2.24, 2.45) is 0 Å². The molecule has 0 atom stereocenters. The van der Waals surface area contributed by atoms with E-state index in [-0.39, 0.29) is 0 Å². The van der Waals surface area contributed by atoms with E-state index in [1.54, 1.807) is 19.5 Å². The molecule has 1 aromatic rings. The number of hydrogen-bond acceptors (Lipinski definition) is 4. The third-order valence-electron chi connectivity index (χ3n) is 1.97. The molecule has 0 aliphatic heterocycles. The summed E-state index contributed by atoms with van der Waals surface area (Å²) in [7, 11) is 1.70. The van der Waals surface area contributed by atoms with Crippen LogP contribution in [0.5, 0.6) is 0 Å². The monoisotopic (exact) mass is 195 g/mol. The first-order valence-corrected chi connectivity index (χ1v) is 4.78. The predicted molar refractivity (Wildman–Crippen MR) is 56.4 cm³/mol. The van der Waals surface area contributed by atoms with Crippen molar-refractivity contribution >= 4 is 5.95 Å². The van der Waals surface area contributed by atoms with Gasteiger partial charge in [0.25, 0.3) is 0 Å². The SMILES string of the molecule is COCCN(c1ncccn1)C(C)C. The summed E-state index contributed by atoms with van der Waals surface area (Å²) in [5, 5.41) is 0. The zero-order valence-corrected chi connectivity index (χ0v) is 8.97.